The van der Waals surface area contributed by atoms with Crippen LogP contribution >= 0.6 is 23.2 Å². The molecule has 0 aliphatic heterocycles. The molecule has 1 heterocycles. The SMILES string of the molecule is Cc1cc(Nc2ccc(Cl)c(Cl)c2)nc(NN)n1. The van der Waals surface area contributed by atoms with Crippen LogP contribution in [-0.2, 0) is 0 Å². The van der Waals surface area contributed by atoms with Crippen LogP contribution in [0.2, 0.25) is 10.0 Å². The molecule has 18 heavy (non-hydrogen) atoms. The predicted octanol–water partition coefficient (Wildman–Crippen LogP) is 3.12. The molecule has 2 aromatic rings. The average molecular weight is 284 g/mol. The molecule has 0 aliphatic rings. The number of nitrogens with zero attached hydrogens (tertiary/aromatic N) is 2. The van der Waals surface area contributed by atoms with Crippen LogP contribution < -0.4 is 16.6 Å². The first-order valence-electron chi connectivity index (χ1n) is 5.13. The largest absolute Gasteiger partial charge is 0.340 e. The maximum atomic E-state index is 5.93. The van der Waals surface area contributed by atoms with Gasteiger partial charge in [-0.1, -0.05) is 23.2 Å². The number of rotatable bonds is 3. The van der Waals surface area contributed by atoms with Gasteiger partial charge < -0.3 is 5.32 Å². The molecular weight excluding hydrogens is 273 g/mol. The van der Waals surface area contributed by atoms with E-state index in [4.69, 9.17) is 29.0 Å². The second-order valence-corrected chi connectivity index (χ2v) is 4.43. The van der Waals surface area contributed by atoms with E-state index in [-0.39, 0.29) is 0 Å². The first-order chi connectivity index (χ1) is 8.58. The Balaban J connectivity index is 2.27. The summed E-state index contributed by atoms with van der Waals surface area (Å²) in [6.45, 7) is 1.85. The maximum absolute atomic E-state index is 5.93. The van der Waals surface area contributed by atoms with Gasteiger partial charge >= 0.3 is 0 Å². The zero-order valence-electron chi connectivity index (χ0n) is 9.54. The first-order valence-corrected chi connectivity index (χ1v) is 5.88. The van der Waals surface area contributed by atoms with Crippen LogP contribution in [0.5, 0.6) is 0 Å². The minimum Gasteiger partial charge on any atom is -0.340 e. The van der Waals surface area contributed by atoms with E-state index >= 15 is 0 Å². The number of hydrogen-bond donors (Lipinski definition) is 3. The molecule has 1 aromatic carbocycles. The number of anilines is 3. The lowest BCUT2D eigenvalue weighted by Crippen LogP contribution is -2.11. The maximum Gasteiger partial charge on any atom is 0.239 e. The van der Waals surface area contributed by atoms with Crippen molar-refractivity contribution in [2.75, 3.05) is 10.7 Å². The van der Waals surface area contributed by atoms with Crippen molar-refractivity contribution in [3.05, 3.63) is 40.0 Å². The molecule has 0 aliphatic carbocycles. The van der Waals surface area contributed by atoms with Crippen molar-refractivity contribution in [3.8, 4) is 0 Å². The lowest BCUT2D eigenvalue weighted by atomic mass is 10.3. The molecule has 0 saturated carbocycles. The Bertz CT molecular complexity index is 573. The van der Waals surface area contributed by atoms with Crippen molar-refractivity contribution in [1.82, 2.24) is 9.97 Å². The van der Waals surface area contributed by atoms with Crippen LogP contribution in [-0.4, -0.2) is 9.97 Å². The highest BCUT2D eigenvalue weighted by molar-refractivity contribution is 6.42. The van der Waals surface area contributed by atoms with Crippen molar-refractivity contribution < 1.29 is 0 Å². The average Bonchev–Trinajstić information content (AvgIpc) is 2.33. The fourth-order valence-corrected chi connectivity index (χ4v) is 1.72. The lowest BCUT2D eigenvalue weighted by molar-refractivity contribution is 1.07. The summed E-state index contributed by atoms with van der Waals surface area (Å²) >= 11 is 11.8. The minimum absolute atomic E-state index is 0.345. The monoisotopic (exact) mass is 283 g/mol. The topological polar surface area (TPSA) is 75.9 Å². The standard InChI is InChI=1S/C11H11Cl2N5/c1-6-4-10(17-11(15-6)18-14)16-7-2-3-8(12)9(13)5-7/h2-5H,14H2,1H3,(H2,15,16,17,18). The van der Waals surface area contributed by atoms with Gasteiger partial charge in [0.25, 0.3) is 0 Å². The third-order valence-corrected chi connectivity index (χ3v) is 2.91. The third-order valence-electron chi connectivity index (χ3n) is 2.18. The third kappa shape index (κ3) is 3.01. The van der Waals surface area contributed by atoms with E-state index < -0.39 is 0 Å². The predicted molar refractivity (Wildman–Crippen MR) is 74.3 cm³/mol. The summed E-state index contributed by atoms with van der Waals surface area (Å²) in [5, 5.41) is 4.08. The van der Waals surface area contributed by atoms with Gasteiger partial charge in [-0.2, -0.15) is 4.98 Å². The van der Waals surface area contributed by atoms with Crippen LogP contribution in [0.1, 0.15) is 5.69 Å². The van der Waals surface area contributed by atoms with Crippen LogP contribution in [0.25, 0.3) is 0 Å². The Morgan fingerprint density at radius 1 is 1.11 bits per heavy atom. The summed E-state index contributed by atoms with van der Waals surface area (Å²) < 4.78 is 0. The van der Waals surface area contributed by atoms with Gasteiger partial charge in [0.15, 0.2) is 0 Å². The van der Waals surface area contributed by atoms with E-state index in [0.29, 0.717) is 21.8 Å². The number of hydrazine groups is 1. The van der Waals surface area contributed by atoms with E-state index in [1.807, 2.05) is 6.92 Å². The van der Waals surface area contributed by atoms with Gasteiger partial charge in [0.05, 0.1) is 10.0 Å². The Morgan fingerprint density at radius 3 is 2.56 bits per heavy atom. The zero-order valence-corrected chi connectivity index (χ0v) is 11.0. The highest BCUT2D eigenvalue weighted by atomic mass is 35.5. The van der Waals surface area contributed by atoms with E-state index in [2.05, 4.69) is 20.7 Å². The van der Waals surface area contributed by atoms with Crippen molar-refractivity contribution >= 4 is 40.7 Å². The van der Waals surface area contributed by atoms with Crippen LogP contribution in [0, 0.1) is 6.92 Å². The molecule has 0 spiro atoms. The minimum atomic E-state index is 0.345. The van der Waals surface area contributed by atoms with Gasteiger partial charge in [0.1, 0.15) is 5.82 Å². The molecule has 0 saturated heterocycles. The second-order valence-electron chi connectivity index (χ2n) is 3.62. The normalized spacial score (nSPS) is 10.2. The number of benzene rings is 1. The molecule has 0 bridgehead atoms. The smallest absolute Gasteiger partial charge is 0.239 e. The van der Waals surface area contributed by atoms with E-state index in [0.717, 1.165) is 11.4 Å². The first kappa shape index (κ1) is 12.9. The van der Waals surface area contributed by atoms with E-state index in [9.17, 15) is 0 Å². The van der Waals surface area contributed by atoms with Crippen molar-refractivity contribution in [3.63, 3.8) is 0 Å². The van der Waals surface area contributed by atoms with Gasteiger partial charge in [-0.05, 0) is 25.1 Å². The Hall–Kier alpha value is -1.56. The second kappa shape index (κ2) is 5.39. The summed E-state index contributed by atoms with van der Waals surface area (Å²) in [7, 11) is 0. The molecule has 2 rings (SSSR count). The van der Waals surface area contributed by atoms with E-state index in [1.165, 1.54) is 0 Å². The number of aryl methyl sites for hydroxylation is 1. The molecule has 0 radical (unpaired) electrons. The summed E-state index contributed by atoms with van der Waals surface area (Å²) in [5.74, 6) is 6.25. The van der Waals surface area contributed by atoms with Crippen molar-refractivity contribution in [2.24, 2.45) is 5.84 Å². The van der Waals surface area contributed by atoms with Crippen molar-refractivity contribution in [2.45, 2.75) is 6.92 Å². The fourth-order valence-electron chi connectivity index (χ4n) is 1.42. The van der Waals surface area contributed by atoms with Gasteiger partial charge in [0, 0.05) is 17.4 Å². The number of aromatic nitrogens is 2. The molecule has 7 heteroatoms. The molecular formula is C11H11Cl2N5. The number of nitrogen functional groups attached to an aromatic ring is 1. The number of nitrogens with two attached hydrogens (primary N) is 1. The summed E-state index contributed by atoms with van der Waals surface area (Å²) in [6.07, 6.45) is 0. The highest BCUT2D eigenvalue weighted by Gasteiger charge is 2.03. The lowest BCUT2D eigenvalue weighted by Gasteiger charge is -2.08. The summed E-state index contributed by atoms with van der Waals surface area (Å²) in [6, 6.07) is 7.03. The van der Waals surface area contributed by atoms with Crippen LogP contribution in [0.3, 0.4) is 0 Å². The van der Waals surface area contributed by atoms with E-state index in [1.54, 1.807) is 24.3 Å². The summed E-state index contributed by atoms with van der Waals surface area (Å²) in [4.78, 5) is 8.26. The molecule has 0 atom stereocenters. The molecule has 94 valence electrons. The zero-order chi connectivity index (χ0) is 13.1. The van der Waals surface area contributed by atoms with Crippen LogP contribution in [0.15, 0.2) is 24.3 Å². The molecule has 0 fully saturated rings. The van der Waals surface area contributed by atoms with Crippen LogP contribution in [0.4, 0.5) is 17.5 Å². The molecule has 0 amide bonds. The summed E-state index contributed by atoms with van der Waals surface area (Å²) in [5.41, 5.74) is 3.98. The number of hydrogen-bond acceptors (Lipinski definition) is 5. The van der Waals surface area contributed by atoms with Gasteiger partial charge in [-0.25, -0.2) is 10.8 Å². The fraction of sp³-hybridized carbons (Fsp3) is 0.0909. The molecule has 4 N–H and O–H groups in total. The van der Waals surface area contributed by atoms with Gasteiger partial charge in [-0.3, -0.25) is 5.43 Å². The number of halogens is 2. The Morgan fingerprint density at radius 2 is 1.89 bits per heavy atom. The molecule has 5 nitrogen and oxygen atoms in total. The van der Waals surface area contributed by atoms with Gasteiger partial charge in [0.2, 0.25) is 5.95 Å². The number of nitrogens with one attached hydrogen (secondary N) is 2. The Labute approximate surface area is 114 Å². The molecule has 0 unspecified atom stereocenters. The Kier molecular flexibility index (Phi) is 3.86. The van der Waals surface area contributed by atoms with Crippen molar-refractivity contribution in [1.29, 1.82) is 0 Å². The molecule has 1 aromatic heterocycles. The quantitative estimate of drug-likeness (QED) is 0.596. The van der Waals surface area contributed by atoms with Gasteiger partial charge in [-0.15, -0.1) is 0 Å². The highest BCUT2D eigenvalue weighted by Crippen LogP contribution is 2.26.